The van der Waals surface area contributed by atoms with Gasteiger partial charge in [0.05, 0.1) is 19.1 Å². The quantitative estimate of drug-likeness (QED) is 0.362. The Hall–Kier alpha value is -3.56. The second kappa shape index (κ2) is 11.9. The fourth-order valence-electron chi connectivity index (χ4n) is 4.75. The highest BCUT2D eigenvalue weighted by molar-refractivity contribution is 6.31. The Bertz CT molecular complexity index is 1290. The predicted octanol–water partition coefficient (Wildman–Crippen LogP) is 4.67. The number of hydrogen-bond donors (Lipinski definition) is 0. The maximum atomic E-state index is 13.1. The number of ether oxygens (including phenoxy) is 3. The van der Waals surface area contributed by atoms with Crippen molar-refractivity contribution in [2.24, 2.45) is 5.92 Å². The van der Waals surface area contributed by atoms with Crippen molar-refractivity contribution < 1.29 is 28.2 Å². The molecular formula is C28H30ClN3O6. The van der Waals surface area contributed by atoms with E-state index in [-0.39, 0.29) is 30.3 Å². The van der Waals surface area contributed by atoms with Crippen LogP contribution in [0.2, 0.25) is 5.02 Å². The monoisotopic (exact) mass is 539 g/mol. The van der Waals surface area contributed by atoms with Crippen molar-refractivity contribution in [3.8, 4) is 11.5 Å². The van der Waals surface area contributed by atoms with Crippen molar-refractivity contribution >= 4 is 23.5 Å². The fraction of sp³-hybridized carbons (Fsp3) is 0.393. The molecule has 0 bridgehead atoms. The highest BCUT2D eigenvalue weighted by Crippen LogP contribution is 2.33. The van der Waals surface area contributed by atoms with E-state index in [1.165, 1.54) is 6.26 Å². The summed E-state index contributed by atoms with van der Waals surface area (Å²) >= 11 is 6.45. The number of esters is 1. The standard InChI is InChI=1S/C28H30ClN3O6/c1-2-35-28(34)20-9-11-32(12-10-20)27(33)23-17-36-26(30-23)16-31(15-21-5-3-4-6-22(21)29)14-19-7-8-24-25(13-19)38-18-37-24/h3-8,13,17,20H,2,9-12,14-16,18H2,1H3. The lowest BCUT2D eigenvalue weighted by Gasteiger charge is -2.30. The second-order valence-electron chi connectivity index (χ2n) is 9.37. The van der Waals surface area contributed by atoms with E-state index in [2.05, 4.69) is 9.88 Å². The first kappa shape index (κ1) is 26.1. The van der Waals surface area contributed by atoms with Gasteiger partial charge in [0.1, 0.15) is 6.26 Å². The van der Waals surface area contributed by atoms with Crippen molar-refractivity contribution in [1.82, 2.24) is 14.8 Å². The zero-order valence-electron chi connectivity index (χ0n) is 21.2. The van der Waals surface area contributed by atoms with E-state index in [4.69, 9.17) is 30.2 Å². The number of amides is 1. The molecule has 1 saturated heterocycles. The number of carbonyl (C=O) groups excluding carboxylic acids is 2. The van der Waals surface area contributed by atoms with Crippen LogP contribution in [0, 0.1) is 5.92 Å². The van der Waals surface area contributed by atoms with Crippen LogP contribution in [0.25, 0.3) is 0 Å². The van der Waals surface area contributed by atoms with E-state index >= 15 is 0 Å². The predicted molar refractivity (Wildman–Crippen MR) is 139 cm³/mol. The normalized spacial score (nSPS) is 15.2. The summed E-state index contributed by atoms with van der Waals surface area (Å²) < 4.78 is 21.8. The molecule has 9 nitrogen and oxygen atoms in total. The van der Waals surface area contributed by atoms with E-state index in [9.17, 15) is 9.59 Å². The average molecular weight is 540 g/mol. The molecule has 1 fully saturated rings. The minimum absolute atomic E-state index is 0.165. The topological polar surface area (TPSA) is 94.3 Å². The summed E-state index contributed by atoms with van der Waals surface area (Å²) in [7, 11) is 0. The maximum absolute atomic E-state index is 13.1. The molecule has 3 heterocycles. The molecule has 38 heavy (non-hydrogen) atoms. The van der Waals surface area contributed by atoms with Crippen LogP contribution in [0.4, 0.5) is 0 Å². The Balaban J connectivity index is 1.26. The first-order valence-electron chi connectivity index (χ1n) is 12.7. The molecular weight excluding hydrogens is 510 g/mol. The highest BCUT2D eigenvalue weighted by atomic mass is 35.5. The number of benzene rings is 2. The Labute approximate surface area is 226 Å². The van der Waals surface area contributed by atoms with E-state index in [1.54, 1.807) is 11.8 Å². The van der Waals surface area contributed by atoms with Crippen LogP contribution >= 0.6 is 11.6 Å². The molecule has 1 amide bonds. The van der Waals surface area contributed by atoms with Gasteiger partial charge in [-0.1, -0.05) is 35.9 Å². The van der Waals surface area contributed by atoms with Gasteiger partial charge in [0.15, 0.2) is 17.2 Å². The van der Waals surface area contributed by atoms with Gasteiger partial charge in [0, 0.05) is 31.2 Å². The molecule has 0 N–H and O–H groups in total. The minimum Gasteiger partial charge on any atom is -0.466 e. The minimum atomic E-state index is -0.198. The van der Waals surface area contributed by atoms with Gasteiger partial charge in [-0.3, -0.25) is 14.5 Å². The van der Waals surface area contributed by atoms with Gasteiger partial charge >= 0.3 is 5.97 Å². The summed E-state index contributed by atoms with van der Waals surface area (Å²) in [4.78, 5) is 33.4. The van der Waals surface area contributed by atoms with Crippen molar-refractivity contribution in [2.75, 3.05) is 26.5 Å². The van der Waals surface area contributed by atoms with Crippen LogP contribution in [-0.2, 0) is 29.2 Å². The molecule has 2 aliphatic rings. The Kier molecular flexibility index (Phi) is 8.14. The van der Waals surface area contributed by atoms with Crippen LogP contribution in [-0.4, -0.2) is 53.1 Å². The number of nitrogens with zero attached hydrogens (tertiary/aromatic N) is 3. The lowest BCUT2D eigenvalue weighted by atomic mass is 9.97. The van der Waals surface area contributed by atoms with Crippen LogP contribution < -0.4 is 9.47 Å². The summed E-state index contributed by atoms with van der Waals surface area (Å²) in [6.07, 6.45) is 2.57. The summed E-state index contributed by atoms with van der Waals surface area (Å²) in [6, 6.07) is 13.6. The Morgan fingerprint density at radius 3 is 2.66 bits per heavy atom. The number of aromatic nitrogens is 1. The fourth-order valence-corrected chi connectivity index (χ4v) is 4.94. The number of carbonyl (C=O) groups is 2. The van der Waals surface area contributed by atoms with Gasteiger partial charge in [0.25, 0.3) is 5.91 Å². The summed E-state index contributed by atoms with van der Waals surface area (Å²) in [5.41, 5.74) is 2.27. The molecule has 0 radical (unpaired) electrons. The third-order valence-corrected chi connectivity index (χ3v) is 7.10. The molecule has 10 heteroatoms. The van der Waals surface area contributed by atoms with E-state index in [1.807, 2.05) is 42.5 Å². The highest BCUT2D eigenvalue weighted by Gasteiger charge is 2.30. The van der Waals surface area contributed by atoms with Gasteiger partial charge in [0.2, 0.25) is 12.7 Å². The molecule has 5 rings (SSSR count). The Morgan fingerprint density at radius 2 is 1.87 bits per heavy atom. The Morgan fingerprint density at radius 1 is 1.08 bits per heavy atom. The number of rotatable bonds is 9. The molecule has 0 spiro atoms. The molecule has 0 saturated carbocycles. The molecule has 200 valence electrons. The zero-order chi connectivity index (χ0) is 26.5. The van der Waals surface area contributed by atoms with Crippen LogP contribution in [0.15, 0.2) is 53.1 Å². The smallest absolute Gasteiger partial charge is 0.309 e. The third kappa shape index (κ3) is 6.11. The van der Waals surface area contributed by atoms with E-state index in [0.29, 0.717) is 63.1 Å². The lowest BCUT2D eigenvalue weighted by Crippen LogP contribution is -2.40. The van der Waals surface area contributed by atoms with Crippen molar-refractivity contribution in [1.29, 1.82) is 0 Å². The molecule has 0 unspecified atom stereocenters. The third-order valence-electron chi connectivity index (χ3n) is 6.73. The SMILES string of the molecule is CCOC(=O)C1CCN(C(=O)c2coc(CN(Cc3ccc4c(c3)OCO4)Cc3ccccc3Cl)n2)CC1. The van der Waals surface area contributed by atoms with E-state index in [0.717, 1.165) is 22.6 Å². The largest absolute Gasteiger partial charge is 0.466 e. The van der Waals surface area contributed by atoms with Crippen molar-refractivity contribution in [3.63, 3.8) is 0 Å². The van der Waals surface area contributed by atoms with Gasteiger partial charge in [-0.05, 0) is 49.1 Å². The summed E-state index contributed by atoms with van der Waals surface area (Å²) in [6.45, 7) is 4.84. The number of oxazole rings is 1. The van der Waals surface area contributed by atoms with Crippen molar-refractivity contribution in [3.05, 3.63) is 76.5 Å². The van der Waals surface area contributed by atoms with E-state index < -0.39 is 0 Å². The summed E-state index contributed by atoms with van der Waals surface area (Å²) in [5.74, 6) is 1.33. The van der Waals surface area contributed by atoms with Crippen LogP contribution in [0.1, 0.15) is 47.3 Å². The summed E-state index contributed by atoms with van der Waals surface area (Å²) in [5, 5.41) is 0.678. The first-order chi connectivity index (χ1) is 18.5. The van der Waals surface area contributed by atoms with Crippen molar-refractivity contribution in [2.45, 2.75) is 39.4 Å². The second-order valence-corrected chi connectivity index (χ2v) is 9.78. The molecule has 1 aromatic heterocycles. The number of halogens is 1. The van der Waals surface area contributed by atoms with Gasteiger partial charge in [-0.15, -0.1) is 0 Å². The molecule has 0 atom stereocenters. The molecule has 3 aromatic rings. The molecule has 2 aliphatic heterocycles. The molecule has 0 aliphatic carbocycles. The lowest BCUT2D eigenvalue weighted by molar-refractivity contribution is -0.149. The first-order valence-corrected chi connectivity index (χ1v) is 13.1. The number of fused-ring (bicyclic) bond motifs is 1. The average Bonchev–Trinajstić information content (AvgIpc) is 3.59. The van der Waals surface area contributed by atoms with Gasteiger partial charge in [-0.25, -0.2) is 4.98 Å². The van der Waals surface area contributed by atoms with Gasteiger partial charge < -0.3 is 23.5 Å². The van der Waals surface area contributed by atoms with Crippen LogP contribution in [0.5, 0.6) is 11.5 Å². The maximum Gasteiger partial charge on any atom is 0.309 e. The van der Waals surface area contributed by atoms with Gasteiger partial charge in [-0.2, -0.15) is 0 Å². The number of hydrogen-bond acceptors (Lipinski definition) is 8. The number of piperidine rings is 1. The number of likely N-dealkylation sites (tertiary alicyclic amines) is 1. The molecule has 2 aromatic carbocycles. The zero-order valence-corrected chi connectivity index (χ0v) is 22.0. The van der Waals surface area contributed by atoms with Crippen LogP contribution in [0.3, 0.4) is 0 Å².